The van der Waals surface area contributed by atoms with Crippen molar-refractivity contribution in [3.8, 4) is 0 Å². The Balaban J connectivity index is 2.61. The van der Waals surface area contributed by atoms with Gasteiger partial charge in [-0.1, -0.05) is 13.0 Å². The fourth-order valence-corrected chi connectivity index (χ4v) is 2.30. The highest BCUT2D eigenvalue weighted by molar-refractivity contribution is 7.10. The second-order valence-electron chi connectivity index (χ2n) is 4.33. The Kier molecular flexibility index (Phi) is 6.52. The maximum absolute atomic E-state index is 12.2. The molecule has 0 aliphatic heterocycles. The molecule has 1 N–H and O–H groups in total. The monoisotopic (exact) mass is 285 g/mol. The summed E-state index contributed by atoms with van der Waals surface area (Å²) in [7, 11) is 1.56. The Labute approximate surface area is 116 Å². The molecule has 6 heteroatoms. The molecule has 1 heterocycles. The molecule has 1 rings (SSSR count). The van der Waals surface area contributed by atoms with Crippen LogP contribution in [0.2, 0.25) is 0 Å². The molecular weight excluding hydrogens is 266 g/mol. The molecule has 0 saturated heterocycles. The van der Waals surface area contributed by atoms with Gasteiger partial charge in [0.15, 0.2) is 0 Å². The number of thiophene rings is 1. The third kappa shape index (κ3) is 5.40. The van der Waals surface area contributed by atoms with E-state index in [4.69, 9.17) is 9.84 Å². The van der Waals surface area contributed by atoms with E-state index < -0.39 is 11.9 Å². The lowest BCUT2D eigenvalue weighted by atomic mass is 10.1. The average Bonchev–Trinajstić information content (AvgIpc) is 2.86. The molecule has 0 fully saturated rings. The van der Waals surface area contributed by atoms with Gasteiger partial charge in [0.25, 0.3) is 0 Å². The minimum absolute atomic E-state index is 0.0624. The minimum atomic E-state index is -0.897. The first-order chi connectivity index (χ1) is 9.04. The van der Waals surface area contributed by atoms with E-state index in [9.17, 15) is 9.59 Å². The summed E-state index contributed by atoms with van der Waals surface area (Å²) in [4.78, 5) is 25.6. The van der Waals surface area contributed by atoms with Gasteiger partial charge in [0.2, 0.25) is 5.91 Å². The number of methoxy groups -OCH3 is 1. The second-order valence-corrected chi connectivity index (χ2v) is 5.36. The van der Waals surface area contributed by atoms with E-state index in [2.05, 4.69) is 0 Å². The van der Waals surface area contributed by atoms with Gasteiger partial charge in [0, 0.05) is 25.1 Å². The van der Waals surface area contributed by atoms with Gasteiger partial charge in [-0.3, -0.25) is 9.59 Å². The van der Waals surface area contributed by atoms with Gasteiger partial charge in [-0.15, -0.1) is 11.3 Å². The van der Waals surface area contributed by atoms with Crippen LogP contribution in [0.5, 0.6) is 0 Å². The van der Waals surface area contributed by atoms with E-state index in [1.165, 1.54) is 11.3 Å². The van der Waals surface area contributed by atoms with Crippen molar-refractivity contribution in [2.45, 2.75) is 13.3 Å². The molecule has 0 saturated carbocycles. The Morgan fingerprint density at radius 1 is 1.53 bits per heavy atom. The molecule has 5 nitrogen and oxygen atoms in total. The van der Waals surface area contributed by atoms with Crippen LogP contribution in [0, 0.1) is 5.92 Å². The number of carbonyl (C=O) groups is 2. The maximum Gasteiger partial charge on any atom is 0.308 e. The number of nitrogens with zero attached hydrogens (tertiary/aromatic N) is 1. The van der Waals surface area contributed by atoms with Crippen molar-refractivity contribution in [3.05, 3.63) is 22.4 Å². The third-order valence-corrected chi connectivity index (χ3v) is 3.62. The molecule has 0 bridgehead atoms. The SMILES string of the molecule is COCCN(CC(C)C(=O)O)C(=O)Cc1cccs1. The van der Waals surface area contributed by atoms with Crippen molar-refractivity contribution in [1.82, 2.24) is 4.90 Å². The Morgan fingerprint density at radius 3 is 2.79 bits per heavy atom. The van der Waals surface area contributed by atoms with E-state index in [0.29, 0.717) is 19.6 Å². The van der Waals surface area contributed by atoms with Crippen molar-refractivity contribution in [1.29, 1.82) is 0 Å². The Bertz CT molecular complexity index is 405. The molecule has 106 valence electrons. The highest BCUT2D eigenvalue weighted by Gasteiger charge is 2.20. The van der Waals surface area contributed by atoms with E-state index in [-0.39, 0.29) is 12.5 Å². The molecule has 1 amide bonds. The molecule has 19 heavy (non-hydrogen) atoms. The summed E-state index contributed by atoms with van der Waals surface area (Å²) >= 11 is 1.52. The molecule has 1 aromatic heterocycles. The fraction of sp³-hybridized carbons (Fsp3) is 0.538. The van der Waals surface area contributed by atoms with Crippen LogP contribution in [-0.4, -0.2) is 48.7 Å². The van der Waals surface area contributed by atoms with Crippen LogP contribution in [0.4, 0.5) is 0 Å². The van der Waals surface area contributed by atoms with Crippen LogP contribution in [0.25, 0.3) is 0 Å². The lowest BCUT2D eigenvalue weighted by molar-refractivity contribution is -0.143. The zero-order chi connectivity index (χ0) is 14.3. The number of aliphatic carboxylic acids is 1. The number of carboxylic acid groups (broad SMARTS) is 1. The quantitative estimate of drug-likeness (QED) is 0.786. The molecule has 1 aromatic rings. The summed E-state index contributed by atoms with van der Waals surface area (Å²) in [5, 5.41) is 10.8. The summed E-state index contributed by atoms with van der Waals surface area (Å²) in [6.45, 7) is 2.63. The summed E-state index contributed by atoms with van der Waals surface area (Å²) < 4.78 is 4.96. The van der Waals surface area contributed by atoms with Crippen LogP contribution < -0.4 is 0 Å². The summed E-state index contributed by atoms with van der Waals surface area (Å²) in [5.41, 5.74) is 0. The summed E-state index contributed by atoms with van der Waals surface area (Å²) in [6, 6.07) is 3.80. The third-order valence-electron chi connectivity index (χ3n) is 2.74. The first kappa shape index (κ1) is 15.7. The smallest absolute Gasteiger partial charge is 0.308 e. The van der Waals surface area contributed by atoms with E-state index >= 15 is 0 Å². The predicted octanol–water partition coefficient (Wildman–Crippen LogP) is 1.49. The highest BCUT2D eigenvalue weighted by atomic mass is 32.1. The standard InChI is InChI=1S/C13H19NO4S/c1-10(13(16)17)9-14(5-6-18-2)12(15)8-11-4-3-7-19-11/h3-4,7,10H,5-6,8-9H2,1-2H3,(H,16,17). The second kappa shape index (κ2) is 7.91. The van der Waals surface area contributed by atoms with Crippen molar-refractivity contribution in [3.63, 3.8) is 0 Å². The molecule has 0 aromatic carbocycles. The number of hydrogen-bond donors (Lipinski definition) is 1. The topological polar surface area (TPSA) is 66.8 Å². The molecule has 1 unspecified atom stereocenters. The number of carboxylic acids is 1. The largest absolute Gasteiger partial charge is 0.481 e. The predicted molar refractivity (Wildman–Crippen MR) is 73.3 cm³/mol. The normalized spacial score (nSPS) is 12.1. The first-order valence-corrected chi connectivity index (χ1v) is 6.94. The Hall–Kier alpha value is -1.40. The van der Waals surface area contributed by atoms with Gasteiger partial charge in [-0.2, -0.15) is 0 Å². The average molecular weight is 285 g/mol. The van der Waals surface area contributed by atoms with Crippen molar-refractivity contribution < 1.29 is 19.4 Å². The van der Waals surface area contributed by atoms with Gasteiger partial charge < -0.3 is 14.7 Å². The summed E-state index contributed by atoms with van der Waals surface area (Å²) in [5.74, 6) is -1.54. The van der Waals surface area contributed by atoms with Crippen LogP contribution >= 0.6 is 11.3 Å². The number of carbonyl (C=O) groups excluding carboxylic acids is 1. The molecule has 0 spiro atoms. The first-order valence-electron chi connectivity index (χ1n) is 6.06. The minimum Gasteiger partial charge on any atom is -0.481 e. The number of amides is 1. The van der Waals surface area contributed by atoms with Gasteiger partial charge in [0.1, 0.15) is 0 Å². The number of rotatable bonds is 8. The summed E-state index contributed by atoms with van der Waals surface area (Å²) in [6.07, 6.45) is 0.313. The zero-order valence-corrected chi connectivity index (χ0v) is 12.0. The van der Waals surface area contributed by atoms with E-state index in [1.54, 1.807) is 18.9 Å². The van der Waals surface area contributed by atoms with Gasteiger partial charge in [-0.25, -0.2) is 0 Å². The van der Waals surface area contributed by atoms with E-state index in [0.717, 1.165) is 4.88 Å². The molecular formula is C13H19NO4S. The number of hydrogen-bond acceptors (Lipinski definition) is 4. The maximum atomic E-state index is 12.2. The van der Waals surface area contributed by atoms with Crippen LogP contribution in [-0.2, 0) is 20.7 Å². The van der Waals surface area contributed by atoms with Crippen LogP contribution in [0.15, 0.2) is 17.5 Å². The van der Waals surface area contributed by atoms with E-state index in [1.807, 2.05) is 17.5 Å². The van der Waals surface area contributed by atoms with Crippen LogP contribution in [0.3, 0.4) is 0 Å². The Morgan fingerprint density at radius 2 is 2.26 bits per heavy atom. The van der Waals surface area contributed by atoms with Crippen LogP contribution in [0.1, 0.15) is 11.8 Å². The zero-order valence-electron chi connectivity index (χ0n) is 11.2. The molecule has 0 radical (unpaired) electrons. The lowest BCUT2D eigenvalue weighted by Crippen LogP contribution is -2.39. The van der Waals surface area contributed by atoms with Gasteiger partial charge in [0.05, 0.1) is 18.9 Å². The number of ether oxygens (including phenoxy) is 1. The molecule has 0 aliphatic rings. The van der Waals surface area contributed by atoms with Crippen molar-refractivity contribution >= 4 is 23.2 Å². The fourth-order valence-electron chi connectivity index (χ4n) is 1.60. The highest BCUT2D eigenvalue weighted by Crippen LogP contribution is 2.11. The molecule has 1 atom stereocenters. The molecule has 0 aliphatic carbocycles. The van der Waals surface area contributed by atoms with Gasteiger partial charge >= 0.3 is 5.97 Å². The van der Waals surface area contributed by atoms with Gasteiger partial charge in [-0.05, 0) is 11.4 Å². The van der Waals surface area contributed by atoms with Crippen molar-refractivity contribution in [2.24, 2.45) is 5.92 Å². The lowest BCUT2D eigenvalue weighted by Gasteiger charge is -2.24. The van der Waals surface area contributed by atoms with Crippen molar-refractivity contribution in [2.75, 3.05) is 26.8 Å².